The molecule has 0 saturated carbocycles. The first kappa shape index (κ1) is 20.2. The molecule has 0 bridgehead atoms. The smallest absolute Gasteiger partial charge is 0.407 e. The summed E-state index contributed by atoms with van der Waals surface area (Å²) in [5.41, 5.74) is -0.442. The molecule has 5 heteroatoms. The van der Waals surface area contributed by atoms with Crippen LogP contribution in [0.15, 0.2) is 0 Å². The van der Waals surface area contributed by atoms with Crippen LogP contribution in [0.1, 0.15) is 54.4 Å². The van der Waals surface area contributed by atoms with Gasteiger partial charge in [0.2, 0.25) is 0 Å². The number of nitrogens with one attached hydrogen (secondary N) is 2. The van der Waals surface area contributed by atoms with Crippen LogP contribution in [0.3, 0.4) is 0 Å². The number of carbonyl (C=O) groups is 1. The second kappa shape index (κ2) is 9.48. The van der Waals surface area contributed by atoms with E-state index in [1.165, 1.54) is 25.9 Å². The number of alkyl carbamates (subject to hydrolysis) is 1. The van der Waals surface area contributed by atoms with Crippen LogP contribution in [0.5, 0.6) is 0 Å². The minimum absolute atomic E-state index is 0.320. The van der Waals surface area contributed by atoms with Gasteiger partial charge in [-0.2, -0.15) is 0 Å². The van der Waals surface area contributed by atoms with Gasteiger partial charge in [-0.1, -0.05) is 20.8 Å². The molecular weight excluding hydrogens is 290 g/mol. The number of likely N-dealkylation sites (tertiary alicyclic amines) is 1. The molecule has 1 aliphatic rings. The maximum atomic E-state index is 11.8. The van der Waals surface area contributed by atoms with E-state index in [1.54, 1.807) is 0 Å². The summed E-state index contributed by atoms with van der Waals surface area (Å²) in [5.74, 6) is 0.944. The van der Waals surface area contributed by atoms with Gasteiger partial charge in [0.15, 0.2) is 0 Å². The Balaban J connectivity index is 2.31. The summed E-state index contributed by atoms with van der Waals surface area (Å²) >= 11 is 0. The fourth-order valence-corrected chi connectivity index (χ4v) is 2.84. The topological polar surface area (TPSA) is 53.6 Å². The summed E-state index contributed by atoms with van der Waals surface area (Å²) < 4.78 is 5.31. The summed E-state index contributed by atoms with van der Waals surface area (Å²) in [7, 11) is 0. The van der Waals surface area contributed by atoms with Crippen molar-refractivity contribution < 1.29 is 9.53 Å². The molecule has 1 aliphatic heterocycles. The first-order chi connectivity index (χ1) is 10.7. The van der Waals surface area contributed by atoms with Crippen LogP contribution in [-0.4, -0.2) is 55.4 Å². The van der Waals surface area contributed by atoms with Gasteiger partial charge in [0, 0.05) is 19.1 Å². The average Bonchev–Trinajstić information content (AvgIpc) is 2.45. The minimum atomic E-state index is -0.442. The van der Waals surface area contributed by atoms with Crippen molar-refractivity contribution in [1.82, 2.24) is 15.5 Å². The molecule has 1 amide bonds. The Hall–Kier alpha value is -0.810. The molecule has 5 nitrogen and oxygen atoms in total. The molecule has 136 valence electrons. The average molecular weight is 328 g/mol. The van der Waals surface area contributed by atoms with Crippen molar-refractivity contribution >= 4 is 6.09 Å². The Bertz CT molecular complexity index is 345. The number of hydrogen-bond acceptors (Lipinski definition) is 4. The molecule has 1 rings (SSSR count). The fourth-order valence-electron chi connectivity index (χ4n) is 2.84. The summed E-state index contributed by atoms with van der Waals surface area (Å²) in [5, 5.41) is 6.62. The van der Waals surface area contributed by atoms with Crippen LogP contribution in [0.25, 0.3) is 0 Å². The first-order valence-electron chi connectivity index (χ1n) is 9.13. The molecule has 23 heavy (non-hydrogen) atoms. The van der Waals surface area contributed by atoms with Gasteiger partial charge in [0.25, 0.3) is 0 Å². The van der Waals surface area contributed by atoms with E-state index in [9.17, 15) is 4.79 Å². The third-order valence-corrected chi connectivity index (χ3v) is 4.55. The van der Waals surface area contributed by atoms with Crippen molar-refractivity contribution in [2.45, 2.75) is 66.0 Å². The molecule has 1 unspecified atom stereocenters. The fraction of sp³-hybridized carbons (Fsp3) is 0.944. The predicted molar refractivity (Wildman–Crippen MR) is 95.7 cm³/mol. The normalized spacial score (nSPS) is 18.9. The van der Waals surface area contributed by atoms with E-state index in [-0.39, 0.29) is 6.09 Å². The van der Waals surface area contributed by atoms with Crippen molar-refractivity contribution in [3.63, 3.8) is 0 Å². The molecule has 2 N–H and O–H groups in total. The van der Waals surface area contributed by atoms with Crippen molar-refractivity contribution in [2.75, 3.05) is 32.7 Å². The van der Waals surface area contributed by atoms with E-state index in [4.69, 9.17) is 4.74 Å². The van der Waals surface area contributed by atoms with Gasteiger partial charge in [0.05, 0.1) is 0 Å². The summed E-state index contributed by atoms with van der Waals surface area (Å²) in [6, 6.07) is 0.612. The lowest BCUT2D eigenvalue weighted by atomic mass is 9.94. The number of amides is 1. The number of hydrogen-bond donors (Lipinski definition) is 2. The molecule has 0 spiro atoms. The lowest BCUT2D eigenvalue weighted by Gasteiger charge is -2.33. The number of carbonyl (C=O) groups excluding carboxylic acids is 1. The predicted octanol–water partition coefficient (Wildman–Crippen LogP) is 2.86. The summed E-state index contributed by atoms with van der Waals surface area (Å²) in [6.07, 6.45) is 2.12. The number of rotatable bonds is 7. The Morgan fingerprint density at radius 3 is 2.30 bits per heavy atom. The van der Waals surface area contributed by atoms with Crippen LogP contribution >= 0.6 is 0 Å². The van der Waals surface area contributed by atoms with E-state index in [0.717, 1.165) is 13.1 Å². The largest absolute Gasteiger partial charge is 0.444 e. The Labute approximate surface area is 142 Å². The highest BCUT2D eigenvalue weighted by Crippen LogP contribution is 2.13. The van der Waals surface area contributed by atoms with Crippen LogP contribution in [-0.2, 0) is 4.74 Å². The number of piperidine rings is 1. The van der Waals surface area contributed by atoms with Gasteiger partial charge < -0.3 is 20.3 Å². The zero-order valence-electron chi connectivity index (χ0n) is 15.9. The Kier molecular flexibility index (Phi) is 8.34. The molecule has 0 aliphatic carbocycles. The molecule has 0 aromatic heterocycles. The monoisotopic (exact) mass is 327 g/mol. The van der Waals surface area contributed by atoms with Crippen LogP contribution in [0.4, 0.5) is 4.79 Å². The zero-order valence-corrected chi connectivity index (χ0v) is 15.9. The van der Waals surface area contributed by atoms with Crippen molar-refractivity contribution in [2.24, 2.45) is 11.8 Å². The SMILES string of the molecule is CCN1CCC(NCC(CNC(=O)OC(C)(C)C)C(C)C)CC1. The third-order valence-electron chi connectivity index (χ3n) is 4.55. The zero-order chi connectivity index (χ0) is 17.5. The standard InChI is InChI=1S/C18H37N3O2/c1-7-21-10-8-16(9-11-21)19-12-15(14(2)3)13-20-17(22)23-18(4,5)6/h14-16,19H,7-13H2,1-6H3,(H,20,22). The van der Waals surface area contributed by atoms with E-state index in [2.05, 4.69) is 36.3 Å². The van der Waals surface area contributed by atoms with Crippen LogP contribution < -0.4 is 10.6 Å². The molecule has 1 saturated heterocycles. The maximum Gasteiger partial charge on any atom is 0.407 e. The molecule has 0 aromatic carbocycles. The van der Waals surface area contributed by atoms with Gasteiger partial charge in [-0.15, -0.1) is 0 Å². The van der Waals surface area contributed by atoms with Crippen molar-refractivity contribution in [3.8, 4) is 0 Å². The Morgan fingerprint density at radius 2 is 1.83 bits per heavy atom. The lowest BCUT2D eigenvalue weighted by molar-refractivity contribution is 0.0514. The van der Waals surface area contributed by atoms with E-state index < -0.39 is 5.60 Å². The van der Waals surface area contributed by atoms with Crippen LogP contribution in [0.2, 0.25) is 0 Å². The van der Waals surface area contributed by atoms with Crippen molar-refractivity contribution in [1.29, 1.82) is 0 Å². The van der Waals surface area contributed by atoms with Crippen molar-refractivity contribution in [3.05, 3.63) is 0 Å². The quantitative estimate of drug-likeness (QED) is 0.755. The molecule has 1 heterocycles. The van der Waals surface area contributed by atoms with E-state index >= 15 is 0 Å². The first-order valence-corrected chi connectivity index (χ1v) is 9.13. The van der Waals surface area contributed by atoms with E-state index in [0.29, 0.717) is 24.4 Å². The van der Waals surface area contributed by atoms with Gasteiger partial charge in [-0.25, -0.2) is 4.79 Å². The highest BCUT2D eigenvalue weighted by Gasteiger charge is 2.22. The van der Waals surface area contributed by atoms with Gasteiger partial charge in [-0.05, 0) is 65.1 Å². The maximum absolute atomic E-state index is 11.8. The summed E-state index contributed by atoms with van der Waals surface area (Å²) in [4.78, 5) is 14.3. The minimum Gasteiger partial charge on any atom is -0.444 e. The highest BCUT2D eigenvalue weighted by molar-refractivity contribution is 5.67. The Morgan fingerprint density at radius 1 is 1.22 bits per heavy atom. The lowest BCUT2D eigenvalue weighted by Crippen LogP contribution is -2.46. The van der Waals surface area contributed by atoms with Gasteiger partial charge in [0.1, 0.15) is 5.60 Å². The molecular formula is C18H37N3O2. The molecule has 1 atom stereocenters. The number of nitrogens with zero attached hydrogens (tertiary/aromatic N) is 1. The third kappa shape index (κ3) is 8.56. The highest BCUT2D eigenvalue weighted by atomic mass is 16.6. The van der Waals surface area contributed by atoms with E-state index in [1.807, 2.05) is 20.8 Å². The molecule has 1 fully saturated rings. The molecule has 0 aromatic rings. The second-order valence-electron chi connectivity index (χ2n) is 8.00. The summed E-state index contributed by atoms with van der Waals surface area (Å²) in [6.45, 7) is 17.5. The van der Waals surface area contributed by atoms with Gasteiger partial charge in [-0.3, -0.25) is 0 Å². The molecule has 0 radical (unpaired) electrons. The van der Waals surface area contributed by atoms with Crippen LogP contribution in [0, 0.1) is 11.8 Å². The number of ether oxygens (including phenoxy) is 1. The van der Waals surface area contributed by atoms with Gasteiger partial charge >= 0.3 is 6.09 Å². The second-order valence-corrected chi connectivity index (χ2v) is 8.00.